The summed E-state index contributed by atoms with van der Waals surface area (Å²) in [4.78, 5) is 36.4. The van der Waals surface area contributed by atoms with Crippen molar-refractivity contribution in [3.63, 3.8) is 0 Å². The zero-order chi connectivity index (χ0) is 17.0. The lowest BCUT2D eigenvalue weighted by Crippen LogP contribution is -2.42. The standard InChI is InChI=1S/C18H18NO4/c1-18(2,3)23-17(22)19(11-12-20)16(21)15-10-6-8-13-7-4-5-9-14(13)15/h4-10H,11H2,1-3H3. The van der Waals surface area contributed by atoms with E-state index in [1.807, 2.05) is 24.3 Å². The first-order valence-electron chi connectivity index (χ1n) is 7.21. The van der Waals surface area contributed by atoms with Crippen LogP contribution in [-0.4, -0.2) is 35.3 Å². The van der Waals surface area contributed by atoms with Crippen molar-refractivity contribution in [3.05, 3.63) is 48.0 Å². The molecule has 2 rings (SSSR count). The summed E-state index contributed by atoms with van der Waals surface area (Å²) in [6.45, 7) is 4.60. The predicted octanol–water partition coefficient (Wildman–Crippen LogP) is 3.33. The van der Waals surface area contributed by atoms with E-state index in [4.69, 9.17) is 4.74 Å². The zero-order valence-electron chi connectivity index (χ0n) is 13.3. The molecule has 0 unspecified atom stereocenters. The van der Waals surface area contributed by atoms with Crippen molar-refractivity contribution in [3.8, 4) is 0 Å². The summed E-state index contributed by atoms with van der Waals surface area (Å²) in [5.74, 6) is -0.584. The Morgan fingerprint density at radius 1 is 1.09 bits per heavy atom. The number of hydrogen-bond acceptors (Lipinski definition) is 4. The molecule has 0 saturated carbocycles. The summed E-state index contributed by atoms with van der Waals surface area (Å²) in [7, 11) is 0. The summed E-state index contributed by atoms with van der Waals surface area (Å²) in [6, 6.07) is 12.6. The van der Waals surface area contributed by atoms with E-state index in [9.17, 15) is 14.4 Å². The number of ether oxygens (including phenoxy) is 1. The van der Waals surface area contributed by atoms with Crippen molar-refractivity contribution in [1.29, 1.82) is 0 Å². The number of hydrogen-bond donors (Lipinski definition) is 0. The minimum atomic E-state index is -0.862. The van der Waals surface area contributed by atoms with Crippen LogP contribution in [0.15, 0.2) is 42.5 Å². The molecule has 0 aliphatic carbocycles. The molecule has 0 saturated heterocycles. The molecule has 2 amide bonds. The average molecular weight is 312 g/mol. The van der Waals surface area contributed by atoms with E-state index in [2.05, 4.69) is 0 Å². The Hall–Kier alpha value is -2.69. The fourth-order valence-corrected chi connectivity index (χ4v) is 2.16. The van der Waals surface area contributed by atoms with Gasteiger partial charge in [0.15, 0.2) is 0 Å². The first kappa shape index (κ1) is 16.7. The van der Waals surface area contributed by atoms with Crippen LogP contribution in [0.5, 0.6) is 0 Å². The molecular weight excluding hydrogens is 294 g/mol. The number of carbonyl (C=O) groups is 2. The van der Waals surface area contributed by atoms with Gasteiger partial charge in [0.25, 0.3) is 5.91 Å². The third-order valence-corrected chi connectivity index (χ3v) is 3.10. The third kappa shape index (κ3) is 3.94. The molecule has 23 heavy (non-hydrogen) atoms. The van der Waals surface area contributed by atoms with Gasteiger partial charge in [-0.1, -0.05) is 36.4 Å². The highest BCUT2D eigenvalue weighted by molar-refractivity contribution is 6.11. The largest absolute Gasteiger partial charge is 0.443 e. The monoisotopic (exact) mass is 312 g/mol. The molecule has 119 valence electrons. The average Bonchev–Trinajstić information content (AvgIpc) is 2.49. The van der Waals surface area contributed by atoms with Crippen LogP contribution in [0.1, 0.15) is 31.1 Å². The van der Waals surface area contributed by atoms with Gasteiger partial charge in [-0.2, -0.15) is 0 Å². The van der Waals surface area contributed by atoms with E-state index in [0.717, 1.165) is 10.3 Å². The maximum absolute atomic E-state index is 12.7. The normalized spacial score (nSPS) is 11.1. The molecule has 0 atom stereocenters. The van der Waals surface area contributed by atoms with Crippen molar-refractivity contribution in [2.75, 3.05) is 6.54 Å². The Morgan fingerprint density at radius 2 is 1.74 bits per heavy atom. The molecule has 0 aromatic heterocycles. The van der Waals surface area contributed by atoms with Crippen LogP contribution in [0.2, 0.25) is 0 Å². The highest BCUT2D eigenvalue weighted by Crippen LogP contribution is 2.21. The van der Waals surface area contributed by atoms with Crippen LogP contribution in [0, 0.1) is 0 Å². The van der Waals surface area contributed by atoms with Crippen molar-refractivity contribution in [2.24, 2.45) is 0 Å². The maximum Gasteiger partial charge on any atom is 0.417 e. The first-order chi connectivity index (χ1) is 10.8. The Labute approximate surface area is 134 Å². The van der Waals surface area contributed by atoms with E-state index in [-0.39, 0.29) is 0 Å². The van der Waals surface area contributed by atoms with Gasteiger partial charge in [0.05, 0.1) is 6.54 Å². The second kappa shape index (κ2) is 6.60. The van der Waals surface area contributed by atoms with E-state index in [0.29, 0.717) is 10.9 Å². The van der Waals surface area contributed by atoms with Crippen LogP contribution in [0.3, 0.4) is 0 Å². The number of amides is 2. The zero-order valence-corrected chi connectivity index (χ0v) is 13.3. The molecule has 0 fully saturated rings. The Balaban J connectivity index is 2.40. The Bertz CT molecular complexity index is 741. The van der Waals surface area contributed by atoms with Gasteiger partial charge >= 0.3 is 6.09 Å². The molecule has 2 aromatic carbocycles. The van der Waals surface area contributed by atoms with Crippen molar-refractivity contribution >= 4 is 29.1 Å². The number of carbonyl (C=O) groups excluding carboxylic acids is 3. The Morgan fingerprint density at radius 3 is 2.39 bits per heavy atom. The number of benzene rings is 2. The van der Waals surface area contributed by atoms with Crippen molar-refractivity contribution in [1.82, 2.24) is 4.90 Å². The molecule has 0 bridgehead atoms. The van der Waals surface area contributed by atoms with Gasteiger partial charge in [0.1, 0.15) is 5.60 Å². The summed E-state index contributed by atoms with van der Waals surface area (Å²) in [6.07, 6.45) is 0.725. The van der Waals surface area contributed by atoms with Crippen LogP contribution >= 0.6 is 0 Å². The van der Waals surface area contributed by atoms with Gasteiger partial charge in [0, 0.05) is 5.56 Å². The highest BCUT2D eigenvalue weighted by Gasteiger charge is 2.28. The summed E-state index contributed by atoms with van der Waals surface area (Å²) < 4.78 is 5.19. The fraction of sp³-hybridized carbons (Fsp3) is 0.278. The third-order valence-electron chi connectivity index (χ3n) is 3.10. The topological polar surface area (TPSA) is 63.7 Å². The predicted molar refractivity (Wildman–Crippen MR) is 86.9 cm³/mol. The highest BCUT2D eigenvalue weighted by atomic mass is 16.6. The van der Waals surface area contributed by atoms with Crippen molar-refractivity contribution < 1.29 is 19.1 Å². The van der Waals surface area contributed by atoms with Gasteiger partial charge in [-0.15, -0.1) is 0 Å². The van der Waals surface area contributed by atoms with Gasteiger partial charge in [0.2, 0.25) is 6.29 Å². The molecule has 5 nitrogen and oxygen atoms in total. The Kier molecular flexibility index (Phi) is 4.79. The van der Waals surface area contributed by atoms with Gasteiger partial charge in [-0.05, 0) is 37.6 Å². The number of imide groups is 1. The lowest BCUT2D eigenvalue weighted by Gasteiger charge is -2.25. The molecule has 0 aliphatic rings. The summed E-state index contributed by atoms with van der Waals surface area (Å²) in [5, 5.41) is 1.58. The van der Waals surface area contributed by atoms with Crippen LogP contribution in [0.4, 0.5) is 4.79 Å². The molecule has 5 heteroatoms. The van der Waals surface area contributed by atoms with E-state index >= 15 is 0 Å². The molecule has 0 spiro atoms. The number of nitrogens with zero attached hydrogens (tertiary/aromatic N) is 1. The lowest BCUT2D eigenvalue weighted by atomic mass is 10.0. The second-order valence-electron chi connectivity index (χ2n) is 6.04. The SMILES string of the molecule is CC(C)(C)OC(=O)N(C[C]=O)C(=O)c1cccc2ccccc12. The maximum atomic E-state index is 12.7. The van der Waals surface area contributed by atoms with Gasteiger partial charge in [-0.3, -0.25) is 9.59 Å². The van der Waals surface area contributed by atoms with Crippen LogP contribution < -0.4 is 0 Å². The fourth-order valence-electron chi connectivity index (χ4n) is 2.16. The number of rotatable bonds is 3. The molecule has 0 heterocycles. The van der Waals surface area contributed by atoms with E-state index in [1.165, 1.54) is 0 Å². The first-order valence-corrected chi connectivity index (χ1v) is 7.21. The van der Waals surface area contributed by atoms with Crippen LogP contribution in [0.25, 0.3) is 10.8 Å². The molecule has 0 N–H and O–H groups in total. The molecule has 1 radical (unpaired) electrons. The quantitative estimate of drug-likeness (QED) is 0.872. The van der Waals surface area contributed by atoms with E-state index < -0.39 is 24.1 Å². The minimum Gasteiger partial charge on any atom is -0.443 e. The van der Waals surface area contributed by atoms with Gasteiger partial charge < -0.3 is 4.74 Å². The molecular formula is C18H18NO4. The second-order valence-corrected chi connectivity index (χ2v) is 6.04. The smallest absolute Gasteiger partial charge is 0.417 e. The summed E-state index contributed by atoms with van der Waals surface area (Å²) in [5.41, 5.74) is -0.429. The molecule has 2 aromatic rings. The van der Waals surface area contributed by atoms with Gasteiger partial charge in [-0.25, -0.2) is 9.69 Å². The van der Waals surface area contributed by atoms with Crippen LogP contribution in [-0.2, 0) is 9.53 Å². The lowest BCUT2D eigenvalue weighted by molar-refractivity contribution is 0.0266. The van der Waals surface area contributed by atoms with E-state index in [1.54, 1.807) is 45.3 Å². The molecule has 0 aliphatic heterocycles. The number of fused-ring (bicyclic) bond motifs is 1. The minimum absolute atomic E-state index is 0.337. The summed E-state index contributed by atoms with van der Waals surface area (Å²) >= 11 is 0. The van der Waals surface area contributed by atoms with Crippen molar-refractivity contribution in [2.45, 2.75) is 26.4 Å².